The molecule has 34 heavy (non-hydrogen) atoms. The normalized spacial score (nSPS) is 15.4. The Balaban J connectivity index is 1.35. The number of nitrogens with zero attached hydrogens (tertiary/aromatic N) is 2. The van der Waals surface area contributed by atoms with Crippen LogP contribution in [0.1, 0.15) is 34.3 Å². The van der Waals surface area contributed by atoms with E-state index >= 15 is 0 Å². The van der Waals surface area contributed by atoms with Gasteiger partial charge in [0.25, 0.3) is 5.91 Å². The Morgan fingerprint density at radius 3 is 2.65 bits per heavy atom. The van der Waals surface area contributed by atoms with E-state index in [1.54, 1.807) is 48.5 Å². The Labute approximate surface area is 198 Å². The summed E-state index contributed by atoms with van der Waals surface area (Å²) in [5.74, 6) is -1.22. The van der Waals surface area contributed by atoms with Crippen molar-refractivity contribution in [2.24, 2.45) is 5.10 Å². The first-order valence-electron chi connectivity index (χ1n) is 10.4. The number of hydrogen-bond donors (Lipinski definition) is 0. The van der Waals surface area contributed by atoms with Crippen LogP contribution < -0.4 is 5.43 Å². The van der Waals surface area contributed by atoms with E-state index in [0.29, 0.717) is 28.3 Å². The summed E-state index contributed by atoms with van der Waals surface area (Å²) in [5, 5.41) is 6.64. The van der Waals surface area contributed by atoms with Crippen LogP contribution in [0.15, 0.2) is 91.7 Å². The summed E-state index contributed by atoms with van der Waals surface area (Å²) in [5.41, 5.74) is 1.35. The van der Waals surface area contributed by atoms with E-state index in [-0.39, 0.29) is 16.8 Å². The molecule has 5 rings (SSSR count). The Morgan fingerprint density at radius 2 is 1.88 bits per heavy atom. The molecule has 0 aliphatic carbocycles. The lowest BCUT2D eigenvalue weighted by Crippen LogP contribution is -2.31. The number of halogens is 1. The maximum atomic E-state index is 13.0. The van der Waals surface area contributed by atoms with Crippen molar-refractivity contribution in [1.82, 2.24) is 5.01 Å². The first-order chi connectivity index (χ1) is 16.5. The van der Waals surface area contributed by atoms with E-state index in [4.69, 9.17) is 25.2 Å². The Morgan fingerprint density at radius 1 is 1.09 bits per heavy atom. The fourth-order valence-electron chi connectivity index (χ4n) is 3.73. The van der Waals surface area contributed by atoms with Crippen LogP contribution in [0.3, 0.4) is 0 Å². The van der Waals surface area contributed by atoms with Crippen molar-refractivity contribution in [1.29, 1.82) is 0 Å². The molecule has 0 saturated heterocycles. The van der Waals surface area contributed by atoms with Gasteiger partial charge in [0, 0.05) is 17.5 Å². The molecule has 0 N–H and O–H groups in total. The van der Waals surface area contributed by atoms with Gasteiger partial charge in [-0.3, -0.25) is 9.59 Å². The van der Waals surface area contributed by atoms with Crippen molar-refractivity contribution in [2.45, 2.75) is 12.5 Å². The predicted molar refractivity (Wildman–Crippen MR) is 124 cm³/mol. The Bertz CT molecular complexity index is 1460. The molecule has 170 valence electrons. The minimum Gasteiger partial charge on any atom is -0.467 e. The predicted octanol–water partition coefficient (Wildman–Crippen LogP) is 4.57. The highest BCUT2D eigenvalue weighted by atomic mass is 35.5. The highest BCUT2D eigenvalue weighted by molar-refractivity contribution is 6.30. The van der Waals surface area contributed by atoms with E-state index in [9.17, 15) is 14.4 Å². The SMILES string of the molecule is O=C(OCC(=O)N1N=C(c2ccc(Cl)cc2)C[C@@H]1c1ccco1)c1cc(=O)c2ccccc2o1. The van der Waals surface area contributed by atoms with Gasteiger partial charge in [0.05, 0.1) is 17.4 Å². The summed E-state index contributed by atoms with van der Waals surface area (Å²) in [6.07, 6.45) is 1.93. The number of fused-ring (bicyclic) bond motifs is 1. The lowest BCUT2D eigenvalue weighted by molar-refractivity contribution is -0.136. The second-order valence-electron chi connectivity index (χ2n) is 7.57. The number of hydrogen-bond acceptors (Lipinski definition) is 7. The van der Waals surface area contributed by atoms with Crippen LogP contribution >= 0.6 is 11.6 Å². The monoisotopic (exact) mass is 476 g/mol. The first-order valence-corrected chi connectivity index (χ1v) is 10.8. The van der Waals surface area contributed by atoms with Gasteiger partial charge >= 0.3 is 5.97 Å². The summed E-state index contributed by atoms with van der Waals surface area (Å²) in [6, 6.07) is 17.7. The van der Waals surface area contributed by atoms with Crippen molar-refractivity contribution < 1.29 is 23.2 Å². The Hall–Kier alpha value is -4.17. The van der Waals surface area contributed by atoms with Gasteiger partial charge in [-0.25, -0.2) is 9.80 Å². The molecule has 1 aliphatic heterocycles. The average Bonchev–Trinajstić information content (AvgIpc) is 3.53. The average molecular weight is 477 g/mol. The number of benzene rings is 2. The quantitative estimate of drug-likeness (QED) is 0.391. The van der Waals surface area contributed by atoms with Gasteiger partial charge in [0.2, 0.25) is 5.76 Å². The van der Waals surface area contributed by atoms with Crippen LogP contribution in [-0.4, -0.2) is 29.2 Å². The number of rotatable bonds is 5. The maximum Gasteiger partial charge on any atom is 0.374 e. The lowest BCUT2D eigenvalue weighted by Gasteiger charge is -2.19. The van der Waals surface area contributed by atoms with Gasteiger partial charge in [-0.15, -0.1) is 0 Å². The third kappa shape index (κ3) is 4.23. The zero-order chi connectivity index (χ0) is 23.7. The number of furan rings is 1. The van der Waals surface area contributed by atoms with E-state index < -0.39 is 24.5 Å². The van der Waals surface area contributed by atoms with Gasteiger partial charge in [-0.1, -0.05) is 35.9 Å². The lowest BCUT2D eigenvalue weighted by atomic mass is 10.0. The summed E-state index contributed by atoms with van der Waals surface area (Å²) < 4.78 is 16.1. The van der Waals surface area contributed by atoms with Gasteiger partial charge < -0.3 is 13.6 Å². The second-order valence-corrected chi connectivity index (χ2v) is 8.01. The molecule has 0 fully saturated rings. The number of ether oxygens (including phenoxy) is 1. The molecule has 0 saturated carbocycles. The van der Waals surface area contributed by atoms with Gasteiger partial charge in [-0.05, 0) is 42.0 Å². The first kappa shape index (κ1) is 21.7. The molecule has 0 bridgehead atoms. The number of carbonyl (C=O) groups is 2. The molecule has 1 aliphatic rings. The minimum atomic E-state index is -0.924. The molecular weight excluding hydrogens is 460 g/mol. The molecule has 0 radical (unpaired) electrons. The number of hydrazone groups is 1. The Kier molecular flexibility index (Phi) is 5.73. The van der Waals surface area contributed by atoms with E-state index in [0.717, 1.165) is 11.6 Å². The molecular formula is C25H17ClN2O6. The van der Waals surface area contributed by atoms with Crippen LogP contribution in [0.25, 0.3) is 11.0 Å². The molecule has 0 spiro atoms. The molecule has 2 aromatic heterocycles. The number of carbonyl (C=O) groups excluding carboxylic acids is 2. The largest absolute Gasteiger partial charge is 0.467 e. The van der Waals surface area contributed by atoms with Crippen LogP contribution in [-0.2, 0) is 9.53 Å². The number of amides is 1. The van der Waals surface area contributed by atoms with Crippen molar-refractivity contribution in [3.05, 3.63) is 105 Å². The van der Waals surface area contributed by atoms with Crippen LogP contribution in [0.5, 0.6) is 0 Å². The van der Waals surface area contributed by atoms with Crippen LogP contribution in [0.4, 0.5) is 0 Å². The molecule has 0 unspecified atom stereocenters. The maximum absolute atomic E-state index is 13.0. The zero-order valence-corrected chi connectivity index (χ0v) is 18.4. The number of para-hydroxylation sites is 1. The van der Waals surface area contributed by atoms with Crippen LogP contribution in [0, 0.1) is 0 Å². The summed E-state index contributed by atoms with van der Waals surface area (Å²) in [7, 11) is 0. The molecule has 4 aromatic rings. The van der Waals surface area contributed by atoms with E-state index in [1.165, 1.54) is 11.3 Å². The van der Waals surface area contributed by atoms with Gasteiger partial charge in [0.15, 0.2) is 12.0 Å². The van der Waals surface area contributed by atoms with Crippen LogP contribution in [0.2, 0.25) is 5.02 Å². The summed E-state index contributed by atoms with van der Waals surface area (Å²) in [6.45, 7) is -0.593. The number of esters is 1. The molecule has 9 heteroatoms. The highest BCUT2D eigenvalue weighted by Crippen LogP contribution is 2.33. The molecule has 3 heterocycles. The molecule has 1 amide bonds. The zero-order valence-electron chi connectivity index (χ0n) is 17.6. The fraction of sp³-hybridized carbons (Fsp3) is 0.120. The highest BCUT2D eigenvalue weighted by Gasteiger charge is 2.35. The molecule has 8 nitrogen and oxygen atoms in total. The van der Waals surface area contributed by atoms with Crippen molar-refractivity contribution in [2.75, 3.05) is 6.61 Å². The fourth-order valence-corrected chi connectivity index (χ4v) is 3.85. The van der Waals surface area contributed by atoms with Crippen molar-refractivity contribution in [3.8, 4) is 0 Å². The summed E-state index contributed by atoms with van der Waals surface area (Å²) >= 11 is 5.98. The smallest absolute Gasteiger partial charge is 0.374 e. The standard InChI is InChI=1S/C25H17ClN2O6/c26-16-9-7-15(8-10-16)18-12-19(22-6-3-11-32-22)28(27-18)24(30)14-33-25(31)23-13-20(29)17-4-1-2-5-21(17)34-23/h1-11,13,19H,12,14H2/t19-/m1/s1. The van der Waals surface area contributed by atoms with Crippen molar-refractivity contribution >= 4 is 40.2 Å². The summed E-state index contributed by atoms with van der Waals surface area (Å²) in [4.78, 5) is 37.7. The van der Waals surface area contributed by atoms with E-state index in [2.05, 4.69) is 5.10 Å². The van der Waals surface area contributed by atoms with E-state index in [1.807, 2.05) is 12.1 Å². The molecule has 1 atom stereocenters. The molecule has 2 aromatic carbocycles. The second kappa shape index (κ2) is 8.99. The minimum absolute atomic E-state index is 0.253. The van der Waals surface area contributed by atoms with Gasteiger partial charge in [0.1, 0.15) is 17.4 Å². The van der Waals surface area contributed by atoms with Crippen molar-refractivity contribution in [3.63, 3.8) is 0 Å². The third-order valence-electron chi connectivity index (χ3n) is 5.38. The third-order valence-corrected chi connectivity index (χ3v) is 5.63. The topological polar surface area (TPSA) is 102 Å². The van der Waals surface area contributed by atoms with Gasteiger partial charge in [-0.2, -0.15) is 5.10 Å².